The van der Waals surface area contributed by atoms with Crippen molar-refractivity contribution in [3.8, 4) is 0 Å². The van der Waals surface area contributed by atoms with E-state index in [0.717, 1.165) is 18.6 Å². The molecule has 13 heavy (non-hydrogen) atoms. The van der Waals surface area contributed by atoms with Crippen LogP contribution in [-0.4, -0.2) is 23.3 Å². The summed E-state index contributed by atoms with van der Waals surface area (Å²) in [6.45, 7) is -0.110. The Morgan fingerprint density at radius 1 is 1.54 bits per heavy atom. The average molecular weight is 182 g/mol. The van der Waals surface area contributed by atoms with Gasteiger partial charge in [-0.05, 0) is 31.1 Å². The maximum atomic E-state index is 10.9. The number of hydrazone groups is 1. The number of rotatable bonds is 3. The molecule has 1 spiro atoms. The molecule has 1 amide bonds. The van der Waals surface area contributed by atoms with E-state index in [4.69, 9.17) is 5.11 Å². The number of hydrogen-bond acceptors (Lipinski definition) is 3. The quantitative estimate of drug-likeness (QED) is 0.621. The average Bonchev–Trinajstić information content (AvgIpc) is 2.78. The Morgan fingerprint density at radius 3 is 2.77 bits per heavy atom. The molecule has 0 aliphatic heterocycles. The van der Waals surface area contributed by atoms with Crippen molar-refractivity contribution in [1.82, 2.24) is 5.43 Å². The molecule has 0 aromatic carbocycles. The molecule has 4 heteroatoms. The Hall–Kier alpha value is -0.900. The number of carbonyl (C=O) groups is 1. The molecule has 4 nitrogen and oxygen atoms in total. The van der Waals surface area contributed by atoms with E-state index in [1.54, 1.807) is 0 Å². The van der Waals surface area contributed by atoms with Crippen LogP contribution in [0.3, 0.4) is 0 Å². The van der Waals surface area contributed by atoms with Crippen molar-refractivity contribution in [1.29, 1.82) is 0 Å². The molecule has 72 valence electrons. The molecule has 0 heterocycles. The summed E-state index contributed by atoms with van der Waals surface area (Å²) in [6, 6.07) is 0. The number of nitrogens with zero attached hydrogens (tertiary/aromatic N) is 1. The molecule has 0 saturated heterocycles. The maximum absolute atomic E-state index is 10.9. The van der Waals surface area contributed by atoms with Gasteiger partial charge < -0.3 is 5.11 Å². The van der Waals surface area contributed by atoms with Crippen LogP contribution in [0.1, 0.15) is 32.1 Å². The molecule has 2 aliphatic carbocycles. The summed E-state index contributed by atoms with van der Waals surface area (Å²) < 4.78 is 0. The van der Waals surface area contributed by atoms with Crippen LogP contribution in [0.5, 0.6) is 0 Å². The molecule has 2 N–H and O–H groups in total. The lowest BCUT2D eigenvalue weighted by Crippen LogP contribution is -2.29. The van der Waals surface area contributed by atoms with Gasteiger partial charge in [-0.2, -0.15) is 5.10 Å². The van der Waals surface area contributed by atoms with Gasteiger partial charge in [-0.15, -0.1) is 0 Å². The fourth-order valence-corrected chi connectivity index (χ4v) is 1.72. The lowest BCUT2D eigenvalue weighted by molar-refractivity contribution is -0.121. The Bertz CT molecular complexity index is 246. The van der Waals surface area contributed by atoms with Crippen LogP contribution in [0.25, 0.3) is 0 Å². The van der Waals surface area contributed by atoms with Crippen LogP contribution in [0.15, 0.2) is 5.10 Å². The van der Waals surface area contributed by atoms with Crippen molar-refractivity contribution in [2.24, 2.45) is 10.5 Å². The highest BCUT2D eigenvalue weighted by atomic mass is 16.3. The summed E-state index contributed by atoms with van der Waals surface area (Å²) in [5.41, 5.74) is 4.14. The van der Waals surface area contributed by atoms with Crippen LogP contribution in [0.2, 0.25) is 0 Å². The van der Waals surface area contributed by atoms with Crippen molar-refractivity contribution < 1.29 is 9.90 Å². The number of aliphatic hydroxyl groups is 1. The first-order chi connectivity index (χ1) is 6.24. The van der Waals surface area contributed by atoms with E-state index >= 15 is 0 Å². The zero-order chi connectivity index (χ0) is 9.31. The second-order valence-corrected chi connectivity index (χ2v) is 4.04. The first-order valence-corrected chi connectivity index (χ1v) is 4.69. The third kappa shape index (κ3) is 1.88. The van der Waals surface area contributed by atoms with E-state index in [9.17, 15) is 4.79 Å². The topological polar surface area (TPSA) is 61.7 Å². The maximum Gasteiger partial charge on any atom is 0.242 e. The van der Waals surface area contributed by atoms with Gasteiger partial charge >= 0.3 is 0 Å². The molecule has 0 aromatic rings. The number of aliphatic hydroxyl groups excluding tert-OH is 1. The minimum atomic E-state index is -0.202. The molecule has 2 saturated carbocycles. The molecule has 2 aliphatic rings. The highest BCUT2D eigenvalue weighted by Gasteiger charge is 2.51. The summed E-state index contributed by atoms with van der Waals surface area (Å²) in [6.07, 6.45) is 4.92. The monoisotopic (exact) mass is 182 g/mol. The summed E-state index contributed by atoms with van der Waals surface area (Å²) in [7, 11) is 0. The normalized spacial score (nSPS) is 22.4. The Labute approximate surface area is 77.0 Å². The predicted molar refractivity (Wildman–Crippen MR) is 48.2 cm³/mol. The molecule has 0 radical (unpaired) electrons. The highest BCUT2D eigenvalue weighted by molar-refractivity contribution is 5.93. The summed E-state index contributed by atoms with van der Waals surface area (Å²) in [5.74, 6) is -0.202. The van der Waals surface area contributed by atoms with Crippen LogP contribution in [0, 0.1) is 5.41 Å². The molecular formula is C9H14N2O2. The van der Waals surface area contributed by atoms with E-state index in [0.29, 0.717) is 5.41 Å². The molecule has 0 aromatic heterocycles. The fraction of sp³-hybridized carbons (Fsp3) is 0.778. The van der Waals surface area contributed by atoms with Crippen molar-refractivity contribution in [2.45, 2.75) is 32.1 Å². The van der Waals surface area contributed by atoms with Crippen LogP contribution < -0.4 is 5.43 Å². The number of nitrogens with one attached hydrogen (secondary N) is 1. The summed E-state index contributed by atoms with van der Waals surface area (Å²) >= 11 is 0. The number of carbonyl (C=O) groups excluding carboxylic acids is 1. The Morgan fingerprint density at radius 2 is 2.23 bits per heavy atom. The van der Waals surface area contributed by atoms with Gasteiger partial charge in [0, 0.05) is 5.71 Å². The van der Waals surface area contributed by atoms with Crippen molar-refractivity contribution >= 4 is 11.6 Å². The lowest BCUT2D eigenvalue weighted by atomic mass is 9.80. The number of amides is 1. The third-order valence-electron chi connectivity index (χ3n) is 2.79. The third-order valence-corrected chi connectivity index (χ3v) is 2.79. The van der Waals surface area contributed by atoms with Crippen molar-refractivity contribution in [3.63, 3.8) is 0 Å². The van der Waals surface area contributed by atoms with Gasteiger partial charge in [0.15, 0.2) is 0 Å². The Kier molecular flexibility index (Phi) is 2.07. The minimum Gasteiger partial charge on any atom is -0.396 e. The van der Waals surface area contributed by atoms with E-state index in [-0.39, 0.29) is 18.9 Å². The van der Waals surface area contributed by atoms with Gasteiger partial charge in [-0.1, -0.05) is 0 Å². The molecule has 0 atom stereocenters. The standard InChI is InChI=1S/C9H14N2O2/c12-4-1-8(13)11-10-7-5-9(6-7)2-3-9/h12H,1-6H2,(H,11,13). The highest BCUT2D eigenvalue weighted by Crippen LogP contribution is 2.59. The van der Waals surface area contributed by atoms with Crippen molar-refractivity contribution in [2.75, 3.05) is 6.61 Å². The van der Waals surface area contributed by atoms with Gasteiger partial charge in [0.25, 0.3) is 0 Å². The zero-order valence-electron chi connectivity index (χ0n) is 7.55. The van der Waals surface area contributed by atoms with Crippen LogP contribution >= 0.6 is 0 Å². The van der Waals surface area contributed by atoms with Gasteiger partial charge in [0.1, 0.15) is 0 Å². The fourth-order valence-electron chi connectivity index (χ4n) is 1.72. The summed E-state index contributed by atoms with van der Waals surface area (Å²) in [4.78, 5) is 10.9. The zero-order valence-corrected chi connectivity index (χ0v) is 7.55. The van der Waals surface area contributed by atoms with E-state index in [1.807, 2.05) is 0 Å². The van der Waals surface area contributed by atoms with E-state index in [1.165, 1.54) is 12.8 Å². The van der Waals surface area contributed by atoms with Gasteiger partial charge in [0.2, 0.25) is 5.91 Å². The molecule has 2 fully saturated rings. The SMILES string of the molecule is O=C(CCO)NN=C1CC2(CC2)C1. The second kappa shape index (κ2) is 3.10. The number of hydrogen-bond donors (Lipinski definition) is 2. The van der Waals surface area contributed by atoms with Gasteiger partial charge in [-0.3, -0.25) is 4.79 Å². The summed E-state index contributed by atoms with van der Waals surface area (Å²) in [5, 5.41) is 12.4. The Balaban J connectivity index is 1.70. The van der Waals surface area contributed by atoms with Crippen LogP contribution in [-0.2, 0) is 4.79 Å². The molecular weight excluding hydrogens is 168 g/mol. The molecule has 0 unspecified atom stereocenters. The first-order valence-electron chi connectivity index (χ1n) is 4.69. The van der Waals surface area contributed by atoms with Crippen LogP contribution in [0.4, 0.5) is 0 Å². The molecule has 0 bridgehead atoms. The van der Waals surface area contributed by atoms with Gasteiger partial charge in [0.05, 0.1) is 13.0 Å². The predicted octanol–water partition coefficient (Wildman–Crippen LogP) is 0.415. The lowest BCUT2D eigenvalue weighted by Gasteiger charge is -2.26. The second-order valence-electron chi connectivity index (χ2n) is 4.04. The van der Waals surface area contributed by atoms with Crippen molar-refractivity contribution in [3.05, 3.63) is 0 Å². The van der Waals surface area contributed by atoms with E-state index < -0.39 is 0 Å². The molecule has 2 rings (SSSR count). The minimum absolute atomic E-state index is 0.110. The largest absolute Gasteiger partial charge is 0.396 e. The first kappa shape index (κ1) is 8.69. The van der Waals surface area contributed by atoms with E-state index in [2.05, 4.69) is 10.5 Å². The van der Waals surface area contributed by atoms with Gasteiger partial charge in [-0.25, -0.2) is 5.43 Å². The smallest absolute Gasteiger partial charge is 0.242 e.